The Morgan fingerprint density at radius 3 is 2.78 bits per heavy atom. The van der Waals surface area contributed by atoms with E-state index < -0.39 is 6.04 Å². The Balaban J connectivity index is 1.42. The molecule has 1 amide bonds. The fourth-order valence-electron chi connectivity index (χ4n) is 4.31. The summed E-state index contributed by atoms with van der Waals surface area (Å²) >= 11 is 6.55. The van der Waals surface area contributed by atoms with Gasteiger partial charge in [0.2, 0.25) is 5.91 Å². The van der Waals surface area contributed by atoms with Gasteiger partial charge in [-0.2, -0.15) is 0 Å². The van der Waals surface area contributed by atoms with Crippen molar-refractivity contribution in [3.05, 3.63) is 81.5 Å². The van der Waals surface area contributed by atoms with E-state index in [1.807, 2.05) is 30.3 Å². The van der Waals surface area contributed by atoms with Crippen molar-refractivity contribution in [3.8, 4) is 17.0 Å². The number of aliphatic imine (C=N–C) groups is 1. The van der Waals surface area contributed by atoms with Crippen LogP contribution in [-0.4, -0.2) is 44.9 Å². The lowest BCUT2D eigenvalue weighted by molar-refractivity contribution is -0.122. The van der Waals surface area contributed by atoms with Crippen molar-refractivity contribution in [1.29, 1.82) is 0 Å². The molecule has 1 aliphatic rings. The molecule has 184 valence electrons. The minimum Gasteiger partial charge on any atom is -0.507 e. The number of fused-ring (bicyclic) bond motifs is 1. The first-order valence-electron chi connectivity index (χ1n) is 11.7. The van der Waals surface area contributed by atoms with Crippen LogP contribution in [0.25, 0.3) is 22.2 Å². The fraction of sp³-hybridized carbons (Fsp3) is 0.231. The third-order valence-electron chi connectivity index (χ3n) is 6.17. The van der Waals surface area contributed by atoms with E-state index in [9.17, 15) is 14.7 Å². The van der Waals surface area contributed by atoms with Gasteiger partial charge in [-0.15, -0.1) is 0 Å². The van der Waals surface area contributed by atoms with Crippen molar-refractivity contribution >= 4 is 34.7 Å². The molecule has 3 heterocycles. The number of nitrogens with one attached hydrogen (secondary N) is 4. The average Bonchev–Trinajstić information content (AvgIpc) is 3.53. The van der Waals surface area contributed by atoms with Gasteiger partial charge in [-0.1, -0.05) is 48.0 Å². The maximum absolute atomic E-state index is 12.8. The number of hydrogen-bond donors (Lipinski definition) is 5. The highest BCUT2D eigenvalue weighted by Crippen LogP contribution is 2.32. The SMILES string of the molecule is O=C(CCC1CN=CN1)N[C@@H](Cc1ccccc1)c1nc(-c2ccc3[nH]c(=O)cc(O)c3c2)c(Cl)[nH]1. The second-order valence-electron chi connectivity index (χ2n) is 8.77. The molecule has 1 aliphatic heterocycles. The molecule has 0 aliphatic carbocycles. The minimum absolute atomic E-state index is 0.0849. The topological polar surface area (TPSA) is 135 Å². The Hall–Kier alpha value is -4.11. The summed E-state index contributed by atoms with van der Waals surface area (Å²) < 4.78 is 0. The molecule has 5 N–H and O–H groups in total. The van der Waals surface area contributed by atoms with Crippen molar-refractivity contribution in [1.82, 2.24) is 25.6 Å². The first-order valence-corrected chi connectivity index (χ1v) is 12.0. The molecule has 5 rings (SSSR count). The number of imidazole rings is 1. The smallest absolute Gasteiger partial charge is 0.252 e. The van der Waals surface area contributed by atoms with E-state index in [1.165, 1.54) is 0 Å². The number of hydrogen-bond acceptors (Lipinski definition) is 6. The van der Waals surface area contributed by atoms with E-state index in [4.69, 9.17) is 16.6 Å². The summed E-state index contributed by atoms with van der Waals surface area (Å²) in [6, 6.07) is 15.9. The number of halogens is 1. The summed E-state index contributed by atoms with van der Waals surface area (Å²) in [6.45, 7) is 0.674. The number of carbonyl (C=O) groups excluding carboxylic acids is 1. The largest absolute Gasteiger partial charge is 0.507 e. The second kappa shape index (κ2) is 10.2. The molecule has 1 unspecified atom stereocenters. The summed E-state index contributed by atoms with van der Waals surface area (Å²) in [5.41, 5.74) is 2.31. The number of aromatic hydroxyl groups is 1. The summed E-state index contributed by atoms with van der Waals surface area (Å²) in [5.74, 6) is 0.317. The van der Waals surface area contributed by atoms with Crippen molar-refractivity contribution in [2.75, 3.05) is 6.54 Å². The fourth-order valence-corrected chi connectivity index (χ4v) is 4.56. The molecular weight excluding hydrogens is 480 g/mol. The summed E-state index contributed by atoms with van der Waals surface area (Å²) in [6.07, 6.45) is 3.24. The van der Waals surface area contributed by atoms with Crippen molar-refractivity contribution in [2.24, 2.45) is 4.99 Å². The van der Waals surface area contributed by atoms with Gasteiger partial charge in [0.15, 0.2) is 0 Å². The number of nitrogens with zero attached hydrogens (tertiary/aromatic N) is 2. The maximum Gasteiger partial charge on any atom is 0.252 e. The molecule has 0 radical (unpaired) electrons. The number of aromatic amines is 2. The predicted molar refractivity (Wildman–Crippen MR) is 139 cm³/mol. The zero-order valence-electron chi connectivity index (χ0n) is 19.3. The van der Waals surface area contributed by atoms with Gasteiger partial charge in [-0.3, -0.25) is 14.6 Å². The molecule has 0 saturated carbocycles. The minimum atomic E-state index is -0.427. The maximum atomic E-state index is 12.8. The number of H-pyrrole nitrogens is 2. The van der Waals surface area contributed by atoms with Crippen LogP contribution in [0.15, 0.2) is 64.4 Å². The Labute approximate surface area is 211 Å². The molecule has 36 heavy (non-hydrogen) atoms. The van der Waals surface area contributed by atoms with Crippen molar-refractivity contribution in [3.63, 3.8) is 0 Å². The molecule has 10 heteroatoms. The van der Waals surface area contributed by atoms with Gasteiger partial charge in [0.05, 0.1) is 24.4 Å². The Morgan fingerprint density at radius 2 is 2.00 bits per heavy atom. The summed E-state index contributed by atoms with van der Waals surface area (Å²) in [7, 11) is 0. The predicted octanol–water partition coefficient (Wildman–Crippen LogP) is 3.46. The highest BCUT2D eigenvalue weighted by molar-refractivity contribution is 6.32. The third-order valence-corrected chi connectivity index (χ3v) is 6.44. The molecule has 0 fully saturated rings. The number of aromatic nitrogens is 3. The first-order chi connectivity index (χ1) is 17.5. The Kier molecular flexibility index (Phi) is 6.73. The lowest BCUT2D eigenvalue weighted by Crippen LogP contribution is -2.33. The van der Waals surface area contributed by atoms with E-state index in [0.717, 1.165) is 11.6 Å². The molecular formula is C26H25ClN6O3. The highest BCUT2D eigenvalue weighted by Gasteiger charge is 2.22. The monoisotopic (exact) mass is 504 g/mol. The van der Waals surface area contributed by atoms with Crippen LogP contribution >= 0.6 is 11.6 Å². The van der Waals surface area contributed by atoms with E-state index in [-0.39, 0.29) is 23.3 Å². The molecule has 0 bridgehead atoms. The van der Waals surface area contributed by atoms with Crippen LogP contribution in [0.4, 0.5) is 0 Å². The third kappa shape index (κ3) is 5.26. The summed E-state index contributed by atoms with van der Waals surface area (Å²) in [5, 5.41) is 17.3. The van der Waals surface area contributed by atoms with Gasteiger partial charge in [0.1, 0.15) is 22.4 Å². The van der Waals surface area contributed by atoms with E-state index in [0.29, 0.717) is 58.9 Å². The van der Waals surface area contributed by atoms with Crippen molar-refractivity contribution in [2.45, 2.75) is 31.3 Å². The lowest BCUT2D eigenvalue weighted by Gasteiger charge is -2.18. The van der Waals surface area contributed by atoms with E-state index in [1.54, 1.807) is 24.5 Å². The normalized spacial score (nSPS) is 15.6. The Morgan fingerprint density at radius 1 is 1.17 bits per heavy atom. The molecule has 4 aromatic rings. The molecule has 9 nitrogen and oxygen atoms in total. The molecule has 2 aromatic heterocycles. The van der Waals surface area contributed by atoms with Crippen molar-refractivity contribution < 1.29 is 9.90 Å². The lowest BCUT2D eigenvalue weighted by atomic mass is 10.0. The van der Waals surface area contributed by atoms with E-state index >= 15 is 0 Å². The standard InChI is InChI=1S/C26H25ClN6O3/c27-25-24(16-6-8-19-18(11-16)21(34)12-23(36)30-19)32-26(33-25)20(10-15-4-2-1-3-5-15)31-22(35)9-7-17-13-28-14-29-17/h1-6,8,11-12,14,17,20H,7,9-10,13H2,(H,28,29)(H,31,35)(H,32,33)(H2,30,34,36)/t17?,20-/m0/s1. The van der Waals surface area contributed by atoms with Crippen LogP contribution in [-0.2, 0) is 11.2 Å². The average molecular weight is 505 g/mol. The van der Waals surface area contributed by atoms with Gasteiger partial charge < -0.3 is 25.7 Å². The number of carbonyl (C=O) groups is 1. The van der Waals surface area contributed by atoms with Crippen LogP contribution in [0, 0.1) is 0 Å². The quantitative estimate of drug-likeness (QED) is 0.250. The van der Waals surface area contributed by atoms with E-state index in [2.05, 4.69) is 25.6 Å². The van der Waals surface area contributed by atoms with Gasteiger partial charge >= 0.3 is 0 Å². The highest BCUT2D eigenvalue weighted by atomic mass is 35.5. The van der Waals surface area contributed by atoms with Gasteiger partial charge in [-0.25, -0.2) is 4.98 Å². The van der Waals surface area contributed by atoms with Gasteiger partial charge in [0.25, 0.3) is 5.56 Å². The molecule has 2 atom stereocenters. The van der Waals surface area contributed by atoms with Crippen LogP contribution < -0.4 is 16.2 Å². The van der Waals surface area contributed by atoms with Crippen LogP contribution in [0.2, 0.25) is 5.15 Å². The van der Waals surface area contributed by atoms with Crippen LogP contribution in [0.3, 0.4) is 0 Å². The second-order valence-corrected chi connectivity index (χ2v) is 9.15. The van der Waals surface area contributed by atoms with Crippen LogP contribution in [0.5, 0.6) is 5.75 Å². The van der Waals surface area contributed by atoms with Gasteiger partial charge in [0, 0.05) is 29.5 Å². The summed E-state index contributed by atoms with van der Waals surface area (Å²) in [4.78, 5) is 39.2. The zero-order valence-corrected chi connectivity index (χ0v) is 20.0. The van der Waals surface area contributed by atoms with Gasteiger partial charge in [-0.05, 0) is 30.5 Å². The molecule has 2 aromatic carbocycles. The number of rotatable bonds is 8. The molecule has 0 spiro atoms. The number of amides is 1. The number of benzene rings is 2. The molecule has 0 saturated heterocycles. The Bertz CT molecular complexity index is 1470. The zero-order chi connectivity index (χ0) is 25.1. The van der Waals surface area contributed by atoms with Crippen LogP contribution in [0.1, 0.15) is 30.3 Å². The first kappa shape index (κ1) is 23.6. The number of pyridine rings is 1.